The number of amides is 1. The molecule has 1 fully saturated rings. The van der Waals surface area contributed by atoms with Gasteiger partial charge in [0, 0.05) is 12.3 Å². The Balaban J connectivity index is 1.50. The quantitative estimate of drug-likeness (QED) is 0.818. The van der Waals surface area contributed by atoms with Crippen LogP contribution in [0.2, 0.25) is 0 Å². The van der Waals surface area contributed by atoms with Gasteiger partial charge in [-0.2, -0.15) is 0 Å². The van der Waals surface area contributed by atoms with E-state index in [2.05, 4.69) is 26.0 Å². The van der Waals surface area contributed by atoms with E-state index in [1.54, 1.807) is 0 Å². The lowest BCUT2D eigenvalue weighted by Gasteiger charge is -2.23. The third-order valence-electron chi connectivity index (χ3n) is 5.20. The minimum atomic E-state index is -3.53. The second-order valence-corrected chi connectivity index (χ2v) is 8.83. The standard InChI is InChI=1S/C19H20BNO4S/c20-17-3-1-2-16-15(17)8-9-18(16)25-14-6-4-12(5-7-14)13-10-19(22)21-26(23,24)11-13/h1-7,13,18H,8-11,20H2,(H,21,22)/t13?,18-/m1/s1. The molecule has 2 aromatic rings. The van der Waals surface area contributed by atoms with Crippen molar-refractivity contribution in [3.63, 3.8) is 0 Å². The maximum atomic E-state index is 11.7. The number of sulfonamides is 1. The number of ether oxygens (including phenoxy) is 1. The van der Waals surface area contributed by atoms with Gasteiger partial charge in [-0.15, -0.1) is 0 Å². The Labute approximate surface area is 154 Å². The van der Waals surface area contributed by atoms with Gasteiger partial charge < -0.3 is 4.74 Å². The zero-order valence-corrected chi connectivity index (χ0v) is 15.4. The predicted molar refractivity (Wildman–Crippen MR) is 102 cm³/mol. The normalized spacial score (nSPS) is 23.9. The van der Waals surface area contributed by atoms with E-state index in [9.17, 15) is 13.2 Å². The van der Waals surface area contributed by atoms with E-state index >= 15 is 0 Å². The highest BCUT2D eigenvalue weighted by molar-refractivity contribution is 7.90. The molecule has 2 aromatic carbocycles. The summed E-state index contributed by atoms with van der Waals surface area (Å²) in [5, 5.41) is 0. The minimum Gasteiger partial charge on any atom is -0.486 e. The summed E-state index contributed by atoms with van der Waals surface area (Å²) in [5.74, 6) is -0.0535. The van der Waals surface area contributed by atoms with E-state index in [0.717, 1.165) is 24.2 Å². The lowest BCUT2D eigenvalue weighted by molar-refractivity contribution is -0.119. The maximum Gasteiger partial charge on any atom is 0.235 e. The van der Waals surface area contributed by atoms with Crippen LogP contribution < -0.4 is 14.9 Å². The molecule has 0 bridgehead atoms. The van der Waals surface area contributed by atoms with Gasteiger partial charge in [0.15, 0.2) is 0 Å². The summed E-state index contributed by atoms with van der Waals surface area (Å²) in [4.78, 5) is 11.6. The number of fused-ring (bicyclic) bond motifs is 1. The maximum absolute atomic E-state index is 11.7. The van der Waals surface area contributed by atoms with Crippen molar-refractivity contribution in [3.8, 4) is 5.75 Å². The number of benzene rings is 2. The Bertz CT molecular complexity index is 956. The molecule has 26 heavy (non-hydrogen) atoms. The average molecular weight is 369 g/mol. The molecule has 1 N–H and O–H groups in total. The summed E-state index contributed by atoms with van der Waals surface area (Å²) < 4.78 is 31.7. The largest absolute Gasteiger partial charge is 0.486 e. The van der Waals surface area contributed by atoms with Crippen LogP contribution in [0.4, 0.5) is 0 Å². The van der Waals surface area contributed by atoms with Crippen LogP contribution in [-0.4, -0.2) is 27.9 Å². The number of rotatable bonds is 3. The minimum absolute atomic E-state index is 0.0524. The van der Waals surface area contributed by atoms with Crippen molar-refractivity contribution in [1.29, 1.82) is 0 Å². The van der Waals surface area contributed by atoms with Crippen LogP contribution in [0.5, 0.6) is 5.75 Å². The third kappa shape index (κ3) is 3.36. The Morgan fingerprint density at radius 3 is 2.62 bits per heavy atom. The Kier molecular flexibility index (Phi) is 4.27. The fraction of sp³-hybridized carbons (Fsp3) is 0.316. The van der Waals surface area contributed by atoms with Crippen LogP contribution >= 0.6 is 0 Å². The van der Waals surface area contributed by atoms with E-state index in [1.165, 1.54) is 16.6 Å². The predicted octanol–water partition coefficient (Wildman–Crippen LogP) is 0.945. The van der Waals surface area contributed by atoms with Gasteiger partial charge in [0.25, 0.3) is 0 Å². The van der Waals surface area contributed by atoms with E-state index in [0.29, 0.717) is 0 Å². The first kappa shape index (κ1) is 17.2. The second kappa shape index (κ2) is 6.47. The molecule has 2 atom stereocenters. The lowest BCUT2D eigenvalue weighted by atomic mass is 9.88. The fourth-order valence-electron chi connectivity index (χ4n) is 3.92. The van der Waals surface area contributed by atoms with E-state index < -0.39 is 15.9 Å². The molecule has 1 heterocycles. The number of carbonyl (C=O) groups is 1. The molecule has 134 valence electrons. The van der Waals surface area contributed by atoms with Gasteiger partial charge in [0.1, 0.15) is 19.7 Å². The number of hydrogen-bond donors (Lipinski definition) is 1. The van der Waals surface area contributed by atoms with Gasteiger partial charge in [0.05, 0.1) is 5.75 Å². The van der Waals surface area contributed by atoms with Gasteiger partial charge in [-0.05, 0) is 41.7 Å². The first-order valence-electron chi connectivity index (χ1n) is 8.79. The fourth-order valence-corrected chi connectivity index (χ4v) is 5.28. The summed E-state index contributed by atoms with van der Waals surface area (Å²) in [7, 11) is -1.40. The monoisotopic (exact) mass is 369 g/mol. The van der Waals surface area contributed by atoms with E-state index in [-0.39, 0.29) is 24.2 Å². The van der Waals surface area contributed by atoms with Crippen LogP contribution in [-0.2, 0) is 21.2 Å². The summed E-state index contributed by atoms with van der Waals surface area (Å²) in [6, 6.07) is 13.8. The van der Waals surface area contributed by atoms with Gasteiger partial charge in [0.2, 0.25) is 15.9 Å². The summed E-state index contributed by atoms with van der Waals surface area (Å²) in [6.45, 7) is 0. The van der Waals surface area contributed by atoms with Crippen LogP contribution in [0.25, 0.3) is 0 Å². The molecular formula is C19H20BNO4S. The number of carbonyl (C=O) groups excluding carboxylic acids is 1. The van der Waals surface area contributed by atoms with Crippen LogP contribution in [0.15, 0.2) is 42.5 Å². The van der Waals surface area contributed by atoms with Crippen molar-refractivity contribution < 1.29 is 17.9 Å². The van der Waals surface area contributed by atoms with Gasteiger partial charge in [-0.3, -0.25) is 9.52 Å². The SMILES string of the molecule is Bc1cccc2c1CC[C@H]2Oc1ccc(C2CC(=O)NS(=O)(=O)C2)cc1. The smallest absolute Gasteiger partial charge is 0.235 e. The molecule has 0 radical (unpaired) electrons. The van der Waals surface area contributed by atoms with Gasteiger partial charge in [-0.1, -0.05) is 35.8 Å². The highest BCUT2D eigenvalue weighted by atomic mass is 32.2. The van der Waals surface area contributed by atoms with Crippen molar-refractivity contribution in [1.82, 2.24) is 4.72 Å². The molecule has 1 saturated heterocycles. The Morgan fingerprint density at radius 2 is 1.88 bits per heavy atom. The summed E-state index contributed by atoms with van der Waals surface area (Å²) in [6.07, 6.45) is 2.23. The van der Waals surface area contributed by atoms with Crippen molar-refractivity contribution in [2.24, 2.45) is 0 Å². The van der Waals surface area contributed by atoms with E-state index in [1.807, 2.05) is 29.0 Å². The molecule has 1 aliphatic carbocycles. The topological polar surface area (TPSA) is 72.5 Å². The summed E-state index contributed by atoms with van der Waals surface area (Å²) in [5.41, 5.74) is 4.79. The zero-order valence-electron chi connectivity index (χ0n) is 14.6. The highest BCUT2D eigenvalue weighted by Gasteiger charge is 2.30. The molecule has 4 rings (SSSR count). The zero-order chi connectivity index (χ0) is 18.3. The highest BCUT2D eigenvalue weighted by Crippen LogP contribution is 2.34. The molecule has 7 heteroatoms. The van der Waals surface area contributed by atoms with E-state index in [4.69, 9.17) is 4.74 Å². The summed E-state index contributed by atoms with van der Waals surface area (Å²) >= 11 is 0. The first-order valence-corrected chi connectivity index (χ1v) is 10.4. The molecule has 1 amide bonds. The third-order valence-corrected chi connectivity index (χ3v) is 6.58. The van der Waals surface area contributed by atoms with Crippen molar-refractivity contribution in [2.75, 3.05) is 5.75 Å². The van der Waals surface area contributed by atoms with Crippen molar-refractivity contribution in [2.45, 2.75) is 31.3 Å². The Morgan fingerprint density at radius 1 is 1.12 bits per heavy atom. The molecular weight excluding hydrogens is 349 g/mol. The van der Waals surface area contributed by atoms with Crippen LogP contribution in [0, 0.1) is 0 Å². The Hall–Kier alpha value is -2.28. The van der Waals surface area contributed by atoms with Crippen molar-refractivity contribution in [3.05, 3.63) is 59.2 Å². The van der Waals surface area contributed by atoms with Crippen molar-refractivity contribution >= 4 is 29.2 Å². The first-order chi connectivity index (χ1) is 12.4. The molecule has 0 aromatic heterocycles. The van der Waals surface area contributed by atoms with Gasteiger partial charge in [-0.25, -0.2) is 8.42 Å². The molecule has 2 aliphatic rings. The molecule has 0 saturated carbocycles. The molecule has 1 unspecified atom stereocenters. The average Bonchev–Trinajstić information content (AvgIpc) is 2.98. The van der Waals surface area contributed by atoms with Gasteiger partial charge >= 0.3 is 0 Å². The molecule has 1 aliphatic heterocycles. The second-order valence-electron chi connectivity index (χ2n) is 7.06. The van der Waals surface area contributed by atoms with Crippen LogP contribution in [0.1, 0.15) is 41.6 Å². The molecule has 0 spiro atoms. The van der Waals surface area contributed by atoms with Crippen LogP contribution in [0.3, 0.4) is 0 Å². The lowest BCUT2D eigenvalue weighted by Crippen LogP contribution is -2.40. The number of nitrogens with one attached hydrogen (secondary N) is 1. The molecule has 5 nitrogen and oxygen atoms in total. The number of hydrogen-bond acceptors (Lipinski definition) is 4.